The highest BCUT2D eigenvalue weighted by Gasteiger charge is 2.35. The highest BCUT2D eigenvalue weighted by molar-refractivity contribution is 7.83. The molecule has 0 radical (unpaired) electrons. The Bertz CT molecular complexity index is 1600. The minimum atomic E-state index is -4.78. The lowest BCUT2D eigenvalue weighted by atomic mass is 10.1. The van der Waals surface area contributed by atoms with Gasteiger partial charge in [-0.1, -0.05) is 41.4 Å². The molecule has 0 bridgehead atoms. The molecule has 0 spiro atoms. The van der Waals surface area contributed by atoms with Crippen molar-refractivity contribution in [2.24, 2.45) is 0 Å². The van der Waals surface area contributed by atoms with Gasteiger partial charge in [0.05, 0.1) is 21.2 Å². The Balaban J connectivity index is 1.98. The number of benzene rings is 1. The number of aliphatic hydroxyl groups is 1. The van der Waals surface area contributed by atoms with Crippen LogP contribution in [0.15, 0.2) is 53.6 Å². The van der Waals surface area contributed by atoms with Crippen LogP contribution in [0.2, 0.25) is 10.2 Å². The number of carbonyl (C=O) groups is 1. The van der Waals surface area contributed by atoms with Gasteiger partial charge in [-0.2, -0.15) is 13.2 Å². The van der Waals surface area contributed by atoms with Crippen molar-refractivity contribution >= 4 is 51.2 Å². The molecule has 0 saturated heterocycles. The molecule has 0 aliphatic heterocycles. The SMILES string of the molecule is Cc1cc(C(F)(F)F)nc2c1cc(C(O)c1c(Cl)ncc(C(=O)OC(C)(C)C)c1Cl)n2S(=O)c1ccccc1. The Labute approximate surface area is 234 Å². The summed E-state index contributed by atoms with van der Waals surface area (Å²) in [5.74, 6) is -0.828. The number of ether oxygens (including phenoxy) is 1. The van der Waals surface area contributed by atoms with Crippen molar-refractivity contribution in [3.8, 4) is 0 Å². The third-order valence-corrected chi connectivity index (χ3v) is 7.64. The number of fused-ring (bicyclic) bond motifs is 1. The number of pyridine rings is 2. The van der Waals surface area contributed by atoms with E-state index in [4.69, 9.17) is 27.9 Å². The molecule has 4 aromatic rings. The lowest BCUT2D eigenvalue weighted by Gasteiger charge is -2.21. The number of halogens is 5. The van der Waals surface area contributed by atoms with Crippen LogP contribution < -0.4 is 0 Å². The molecule has 4 rings (SSSR count). The number of esters is 1. The van der Waals surface area contributed by atoms with Gasteiger partial charge in [-0.3, -0.25) is 0 Å². The zero-order chi connectivity index (χ0) is 28.9. The molecule has 0 aliphatic rings. The number of hydrogen-bond donors (Lipinski definition) is 1. The van der Waals surface area contributed by atoms with E-state index in [1.165, 1.54) is 25.1 Å². The van der Waals surface area contributed by atoms with Crippen LogP contribution >= 0.6 is 23.2 Å². The van der Waals surface area contributed by atoms with E-state index in [2.05, 4.69) is 9.97 Å². The molecular formula is C26H22Cl2F3N3O4S. The van der Waals surface area contributed by atoms with Crippen LogP contribution in [0.25, 0.3) is 11.0 Å². The van der Waals surface area contributed by atoms with Crippen molar-refractivity contribution in [3.63, 3.8) is 0 Å². The molecule has 7 nitrogen and oxygen atoms in total. The number of carbonyl (C=O) groups excluding carboxylic acids is 1. The first-order valence-corrected chi connectivity index (χ1v) is 13.3. The molecular weight excluding hydrogens is 578 g/mol. The van der Waals surface area contributed by atoms with Crippen LogP contribution in [0.1, 0.15) is 59.7 Å². The summed E-state index contributed by atoms with van der Waals surface area (Å²) in [6.07, 6.45) is -5.46. The smallest absolute Gasteiger partial charge is 0.433 e. The number of nitrogens with zero attached hydrogens (tertiary/aromatic N) is 3. The normalized spacial score (nSPS) is 13.9. The molecule has 39 heavy (non-hydrogen) atoms. The van der Waals surface area contributed by atoms with E-state index >= 15 is 0 Å². The van der Waals surface area contributed by atoms with Crippen molar-refractivity contribution < 1.29 is 32.0 Å². The van der Waals surface area contributed by atoms with E-state index in [0.29, 0.717) is 0 Å². The first kappa shape index (κ1) is 29.0. The van der Waals surface area contributed by atoms with Gasteiger partial charge >= 0.3 is 12.1 Å². The maximum absolute atomic E-state index is 13.7. The predicted molar refractivity (Wildman–Crippen MR) is 141 cm³/mol. The van der Waals surface area contributed by atoms with Crippen molar-refractivity contribution in [2.75, 3.05) is 0 Å². The van der Waals surface area contributed by atoms with Gasteiger partial charge in [-0.05, 0) is 57.5 Å². The van der Waals surface area contributed by atoms with E-state index in [-0.39, 0.29) is 48.5 Å². The summed E-state index contributed by atoms with van der Waals surface area (Å²) in [6, 6.07) is 10.1. The molecule has 0 saturated carbocycles. The Hall–Kier alpha value is -2.99. The fourth-order valence-electron chi connectivity index (χ4n) is 3.82. The molecule has 0 amide bonds. The highest BCUT2D eigenvalue weighted by Crippen LogP contribution is 2.39. The largest absolute Gasteiger partial charge is 0.456 e. The maximum Gasteiger partial charge on any atom is 0.433 e. The second-order valence-corrected chi connectivity index (χ2v) is 11.7. The second-order valence-electron chi connectivity index (χ2n) is 9.58. The van der Waals surface area contributed by atoms with Crippen LogP contribution in [0.4, 0.5) is 13.2 Å². The highest BCUT2D eigenvalue weighted by atomic mass is 35.5. The monoisotopic (exact) mass is 599 g/mol. The molecule has 3 heterocycles. The summed E-state index contributed by atoms with van der Waals surface area (Å²) in [6.45, 7) is 6.40. The molecule has 2 unspecified atom stereocenters. The number of aromatic nitrogens is 3. The van der Waals surface area contributed by atoms with E-state index < -0.39 is 40.5 Å². The lowest BCUT2D eigenvalue weighted by Crippen LogP contribution is -2.24. The standard InChI is InChI=1S/C26H22Cl2F3N3O4S/c1-13-10-18(26(29,30)31)33-23-15(13)11-17(34(23)39(37)14-8-6-5-7-9-14)21(35)19-20(27)16(12-32-22(19)28)24(36)38-25(2,3)4/h5-12,21,35H,1-4H3. The number of alkyl halides is 3. The van der Waals surface area contributed by atoms with E-state index in [1.807, 2.05) is 0 Å². The van der Waals surface area contributed by atoms with Crippen LogP contribution in [0, 0.1) is 6.92 Å². The molecule has 13 heteroatoms. The topological polar surface area (TPSA) is 94.3 Å². The Kier molecular flexibility index (Phi) is 7.83. The average Bonchev–Trinajstić information content (AvgIpc) is 3.22. The fourth-order valence-corrected chi connectivity index (χ4v) is 5.67. The summed E-state index contributed by atoms with van der Waals surface area (Å²) >= 11 is 12.8. The predicted octanol–water partition coefficient (Wildman–Crippen LogP) is 6.67. The van der Waals surface area contributed by atoms with Crippen molar-refractivity contribution in [1.82, 2.24) is 13.9 Å². The zero-order valence-electron chi connectivity index (χ0n) is 21.0. The molecule has 206 valence electrons. The minimum Gasteiger partial charge on any atom is -0.456 e. The second kappa shape index (κ2) is 10.5. The number of aryl methyl sites for hydroxylation is 1. The Morgan fingerprint density at radius 1 is 1.13 bits per heavy atom. The van der Waals surface area contributed by atoms with Crippen molar-refractivity contribution in [3.05, 3.63) is 86.9 Å². The van der Waals surface area contributed by atoms with Gasteiger partial charge in [0.15, 0.2) is 16.6 Å². The molecule has 1 aromatic carbocycles. The molecule has 1 N–H and O–H groups in total. The van der Waals surface area contributed by atoms with Crippen LogP contribution in [-0.4, -0.2) is 34.8 Å². The molecule has 3 aromatic heterocycles. The van der Waals surface area contributed by atoms with Gasteiger partial charge in [-0.25, -0.2) is 22.9 Å². The minimum absolute atomic E-state index is 0.131. The Morgan fingerprint density at radius 3 is 2.36 bits per heavy atom. The average molecular weight is 600 g/mol. The Morgan fingerprint density at radius 2 is 1.77 bits per heavy atom. The van der Waals surface area contributed by atoms with Gasteiger partial charge in [0.25, 0.3) is 0 Å². The summed E-state index contributed by atoms with van der Waals surface area (Å²) in [7, 11) is -2.15. The summed E-state index contributed by atoms with van der Waals surface area (Å²) in [5, 5.41) is 11.2. The maximum atomic E-state index is 13.7. The summed E-state index contributed by atoms with van der Waals surface area (Å²) < 4.78 is 61.0. The third kappa shape index (κ3) is 5.81. The first-order valence-electron chi connectivity index (χ1n) is 11.4. The summed E-state index contributed by atoms with van der Waals surface area (Å²) in [5.41, 5.74) is -2.69. The lowest BCUT2D eigenvalue weighted by molar-refractivity contribution is -0.141. The first-order chi connectivity index (χ1) is 18.1. The van der Waals surface area contributed by atoms with Crippen LogP contribution in [0.5, 0.6) is 0 Å². The van der Waals surface area contributed by atoms with E-state index in [1.54, 1.807) is 39.0 Å². The van der Waals surface area contributed by atoms with Crippen molar-refractivity contribution in [2.45, 2.75) is 50.5 Å². The molecule has 0 aliphatic carbocycles. The van der Waals surface area contributed by atoms with Gasteiger partial charge in [-0.15, -0.1) is 0 Å². The van der Waals surface area contributed by atoms with Crippen LogP contribution in [-0.2, 0) is 21.9 Å². The van der Waals surface area contributed by atoms with Crippen LogP contribution in [0.3, 0.4) is 0 Å². The van der Waals surface area contributed by atoms with Gasteiger partial charge in [0.2, 0.25) is 0 Å². The van der Waals surface area contributed by atoms with E-state index in [9.17, 15) is 27.3 Å². The number of aliphatic hydroxyl groups excluding tert-OH is 1. The fraction of sp³-hybridized carbons (Fsp3) is 0.269. The van der Waals surface area contributed by atoms with Gasteiger partial charge < -0.3 is 9.84 Å². The molecule has 0 fully saturated rings. The number of hydrogen-bond acceptors (Lipinski definition) is 6. The van der Waals surface area contributed by atoms with E-state index in [0.717, 1.165) is 16.2 Å². The van der Waals surface area contributed by atoms with Gasteiger partial charge in [0, 0.05) is 17.1 Å². The summed E-state index contributed by atoms with van der Waals surface area (Å²) in [4.78, 5) is 20.7. The molecule has 2 atom stereocenters. The quantitative estimate of drug-likeness (QED) is 0.203. The number of rotatable bonds is 5. The van der Waals surface area contributed by atoms with Gasteiger partial charge in [0.1, 0.15) is 22.6 Å². The van der Waals surface area contributed by atoms with Crippen molar-refractivity contribution in [1.29, 1.82) is 0 Å². The third-order valence-electron chi connectivity index (χ3n) is 5.54. The zero-order valence-corrected chi connectivity index (χ0v) is 23.3.